The van der Waals surface area contributed by atoms with Crippen molar-refractivity contribution in [3.63, 3.8) is 0 Å². The third kappa shape index (κ3) is 3.86. The van der Waals surface area contributed by atoms with E-state index in [0.29, 0.717) is 4.68 Å². The van der Waals surface area contributed by atoms with Crippen molar-refractivity contribution in [2.24, 2.45) is 0 Å². The third-order valence-corrected chi connectivity index (χ3v) is 5.37. The summed E-state index contributed by atoms with van der Waals surface area (Å²) < 4.78 is 62.0. The SMILES string of the molecule is CC(=O)Cn1ncc(-c2onc(-c3c(F)cccc3Cl)c2-c2nccs2)c1C(F)(F)F. The molecule has 0 aliphatic rings. The highest BCUT2D eigenvalue weighted by atomic mass is 35.5. The molecule has 3 heterocycles. The van der Waals surface area contributed by atoms with E-state index in [0.717, 1.165) is 30.5 Å². The van der Waals surface area contributed by atoms with Crippen molar-refractivity contribution in [1.29, 1.82) is 0 Å². The van der Waals surface area contributed by atoms with E-state index in [1.165, 1.54) is 18.3 Å². The molecule has 0 aliphatic heterocycles. The first-order chi connectivity index (χ1) is 14.7. The van der Waals surface area contributed by atoms with Gasteiger partial charge < -0.3 is 4.52 Å². The number of hydrogen-bond acceptors (Lipinski definition) is 6. The van der Waals surface area contributed by atoms with E-state index < -0.39 is 35.6 Å². The molecule has 4 rings (SSSR count). The number of ketones is 1. The third-order valence-electron chi connectivity index (χ3n) is 4.26. The Hall–Kier alpha value is -3.05. The Morgan fingerprint density at radius 2 is 2.06 bits per heavy atom. The lowest BCUT2D eigenvalue weighted by molar-refractivity contribution is -0.144. The van der Waals surface area contributed by atoms with E-state index in [1.54, 1.807) is 5.38 Å². The highest BCUT2D eigenvalue weighted by Crippen LogP contribution is 2.46. The van der Waals surface area contributed by atoms with Gasteiger partial charge in [0, 0.05) is 11.6 Å². The monoisotopic (exact) mass is 470 g/mol. The first-order valence-corrected chi connectivity index (χ1v) is 9.91. The maximum Gasteiger partial charge on any atom is 0.433 e. The summed E-state index contributed by atoms with van der Waals surface area (Å²) in [5.41, 5.74) is -1.84. The van der Waals surface area contributed by atoms with Crippen molar-refractivity contribution in [1.82, 2.24) is 19.9 Å². The zero-order chi connectivity index (χ0) is 22.3. The van der Waals surface area contributed by atoms with Crippen LogP contribution in [0.2, 0.25) is 5.02 Å². The van der Waals surface area contributed by atoms with Crippen LogP contribution >= 0.6 is 22.9 Å². The number of halogens is 5. The van der Waals surface area contributed by atoms with Crippen LogP contribution in [0.25, 0.3) is 33.2 Å². The second kappa shape index (κ2) is 7.89. The molecule has 0 saturated heterocycles. The Balaban J connectivity index is 2.01. The summed E-state index contributed by atoms with van der Waals surface area (Å²) in [4.78, 5) is 15.6. The van der Waals surface area contributed by atoms with Gasteiger partial charge in [-0.05, 0) is 19.1 Å². The van der Waals surface area contributed by atoms with Crippen LogP contribution in [-0.2, 0) is 17.5 Å². The van der Waals surface area contributed by atoms with Crippen LogP contribution in [0.5, 0.6) is 0 Å². The summed E-state index contributed by atoms with van der Waals surface area (Å²) in [7, 11) is 0. The molecule has 0 aliphatic carbocycles. The van der Waals surface area contributed by atoms with Gasteiger partial charge in [-0.3, -0.25) is 9.48 Å². The van der Waals surface area contributed by atoms with Gasteiger partial charge in [0.05, 0.1) is 34.5 Å². The zero-order valence-corrected chi connectivity index (χ0v) is 17.1. The summed E-state index contributed by atoms with van der Waals surface area (Å²) in [5, 5.41) is 9.39. The van der Waals surface area contributed by atoms with E-state index in [9.17, 15) is 22.4 Å². The van der Waals surface area contributed by atoms with Crippen LogP contribution in [0.1, 0.15) is 12.6 Å². The number of hydrogen-bond donors (Lipinski definition) is 0. The summed E-state index contributed by atoms with van der Waals surface area (Å²) in [6.45, 7) is 0.566. The molecule has 0 unspecified atom stereocenters. The Morgan fingerprint density at radius 3 is 2.68 bits per heavy atom. The highest BCUT2D eigenvalue weighted by molar-refractivity contribution is 7.13. The number of alkyl halides is 3. The average Bonchev–Trinajstić information content (AvgIpc) is 3.38. The van der Waals surface area contributed by atoms with Gasteiger partial charge >= 0.3 is 6.18 Å². The Labute approximate surface area is 181 Å². The molecular weight excluding hydrogens is 460 g/mol. The molecule has 0 N–H and O–H groups in total. The van der Waals surface area contributed by atoms with Crippen molar-refractivity contribution in [3.8, 4) is 33.2 Å². The summed E-state index contributed by atoms with van der Waals surface area (Å²) >= 11 is 7.25. The molecule has 0 fully saturated rings. The fraction of sp³-hybridized carbons (Fsp3) is 0.158. The molecule has 1 aromatic carbocycles. The Bertz CT molecular complexity index is 1240. The lowest BCUT2D eigenvalue weighted by Gasteiger charge is -2.11. The van der Waals surface area contributed by atoms with Crippen molar-refractivity contribution in [3.05, 3.63) is 52.5 Å². The molecule has 31 heavy (non-hydrogen) atoms. The van der Waals surface area contributed by atoms with Gasteiger partial charge in [0.25, 0.3) is 0 Å². The summed E-state index contributed by atoms with van der Waals surface area (Å²) in [6, 6.07) is 3.96. The maximum absolute atomic E-state index is 14.6. The minimum atomic E-state index is -4.86. The van der Waals surface area contributed by atoms with E-state index in [2.05, 4.69) is 15.2 Å². The minimum Gasteiger partial charge on any atom is -0.355 e. The number of carbonyl (C=O) groups is 1. The van der Waals surface area contributed by atoms with Crippen molar-refractivity contribution in [2.45, 2.75) is 19.6 Å². The van der Waals surface area contributed by atoms with E-state index >= 15 is 0 Å². The van der Waals surface area contributed by atoms with Crippen LogP contribution in [0.4, 0.5) is 17.6 Å². The standard InChI is InChI=1S/C19H11ClF4N4O2S/c1-9(29)8-28-17(19(22,23)24)10(7-26-28)16-14(18-25-5-6-31-18)15(27-30-16)13-11(20)3-2-4-12(13)21/h2-7H,8H2,1H3. The fourth-order valence-electron chi connectivity index (χ4n) is 3.10. The zero-order valence-electron chi connectivity index (χ0n) is 15.6. The van der Waals surface area contributed by atoms with Gasteiger partial charge in [-0.15, -0.1) is 11.3 Å². The van der Waals surface area contributed by atoms with E-state index in [1.807, 2.05) is 0 Å². The predicted molar refractivity (Wildman–Crippen MR) is 105 cm³/mol. The molecule has 0 spiro atoms. The normalized spacial score (nSPS) is 11.8. The van der Waals surface area contributed by atoms with Crippen LogP contribution < -0.4 is 0 Å². The molecule has 0 atom stereocenters. The van der Waals surface area contributed by atoms with Crippen LogP contribution in [0.15, 0.2) is 40.5 Å². The molecule has 6 nitrogen and oxygen atoms in total. The van der Waals surface area contributed by atoms with E-state index in [-0.39, 0.29) is 32.6 Å². The molecule has 0 bridgehead atoms. The van der Waals surface area contributed by atoms with Gasteiger partial charge in [-0.25, -0.2) is 9.37 Å². The molecule has 0 saturated carbocycles. The molecule has 3 aromatic heterocycles. The van der Waals surface area contributed by atoms with Gasteiger partial charge in [0.1, 0.15) is 16.5 Å². The van der Waals surface area contributed by atoms with Gasteiger partial charge in [0.15, 0.2) is 17.2 Å². The first kappa shape index (κ1) is 21.2. The lowest BCUT2D eigenvalue weighted by Crippen LogP contribution is -2.18. The van der Waals surface area contributed by atoms with Crippen LogP contribution in [0, 0.1) is 5.82 Å². The lowest BCUT2D eigenvalue weighted by atomic mass is 10.0. The maximum atomic E-state index is 14.6. The van der Waals surface area contributed by atoms with Crippen LogP contribution in [0.3, 0.4) is 0 Å². The molecule has 12 heteroatoms. The smallest absolute Gasteiger partial charge is 0.355 e. The number of aromatic nitrogens is 4. The fourth-order valence-corrected chi connectivity index (χ4v) is 4.03. The predicted octanol–water partition coefficient (Wildman–Crippen LogP) is 5.73. The molecule has 0 amide bonds. The average molecular weight is 471 g/mol. The quantitative estimate of drug-likeness (QED) is 0.348. The van der Waals surface area contributed by atoms with Crippen molar-refractivity contribution in [2.75, 3.05) is 0 Å². The van der Waals surface area contributed by atoms with Crippen molar-refractivity contribution >= 4 is 28.7 Å². The minimum absolute atomic E-state index is 0.000904. The Morgan fingerprint density at radius 1 is 1.29 bits per heavy atom. The van der Waals surface area contributed by atoms with Gasteiger partial charge in [0.2, 0.25) is 0 Å². The second-order valence-electron chi connectivity index (χ2n) is 6.43. The van der Waals surface area contributed by atoms with Crippen LogP contribution in [-0.4, -0.2) is 25.7 Å². The summed E-state index contributed by atoms with van der Waals surface area (Å²) in [5.74, 6) is -1.56. The van der Waals surface area contributed by atoms with Gasteiger partial charge in [-0.1, -0.05) is 22.8 Å². The number of thiazole rings is 1. The highest BCUT2D eigenvalue weighted by Gasteiger charge is 2.41. The number of nitrogens with zero attached hydrogens (tertiary/aromatic N) is 4. The number of benzene rings is 1. The number of Topliss-reactive ketones (excluding diaryl/α,β-unsaturated/α-hetero) is 1. The molecule has 160 valence electrons. The first-order valence-electron chi connectivity index (χ1n) is 8.65. The molecule has 0 radical (unpaired) electrons. The number of rotatable bonds is 5. The van der Waals surface area contributed by atoms with E-state index in [4.69, 9.17) is 16.1 Å². The molecule has 4 aromatic rings. The Kier molecular flexibility index (Phi) is 5.40. The largest absolute Gasteiger partial charge is 0.433 e. The van der Waals surface area contributed by atoms with Gasteiger partial charge in [-0.2, -0.15) is 18.3 Å². The molecular formula is C19H11ClF4N4O2S. The second-order valence-corrected chi connectivity index (χ2v) is 7.74. The topological polar surface area (TPSA) is 73.8 Å². The number of carbonyl (C=O) groups excluding carboxylic acids is 1. The summed E-state index contributed by atoms with van der Waals surface area (Å²) in [6.07, 6.45) is -2.49. The van der Waals surface area contributed by atoms with Crippen molar-refractivity contribution < 1.29 is 26.9 Å².